The predicted molar refractivity (Wildman–Crippen MR) is 124 cm³/mol. The monoisotopic (exact) mass is 433 g/mol. The first-order valence-electron chi connectivity index (χ1n) is 10.9. The smallest absolute Gasteiger partial charge is 0.414 e. The highest BCUT2D eigenvalue weighted by molar-refractivity contribution is 5.93. The zero-order chi connectivity index (χ0) is 22.2. The molecule has 1 aromatic heterocycles. The first kappa shape index (κ1) is 20.5. The van der Waals surface area contributed by atoms with Crippen molar-refractivity contribution in [3.05, 3.63) is 47.7 Å². The van der Waals surface area contributed by atoms with Crippen molar-refractivity contribution < 1.29 is 14.3 Å². The van der Waals surface area contributed by atoms with Gasteiger partial charge in [-0.2, -0.15) is 0 Å². The van der Waals surface area contributed by atoms with Crippen LogP contribution in [0.2, 0.25) is 0 Å². The number of cyclic esters (lactones) is 1. The number of carbonyl (C=O) groups excluding carboxylic acids is 1. The number of anilines is 3. The molecule has 3 aromatic rings. The summed E-state index contributed by atoms with van der Waals surface area (Å²) in [6.45, 7) is 4.41. The molecule has 0 saturated carbocycles. The lowest BCUT2D eigenvalue weighted by molar-refractivity contribution is 0.178. The van der Waals surface area contributed by atoms with Crippen molar-refractivity contribution in [3.63, 3.8) is 0 Å². The van der Waals surface area contributed by atoms with Gasteiger partial charge in [0.2, 0.25) is 5.95 Å². The van der Waals surface area contributed by atoms with Crippen LogP contribution in [0.15, 0.2) is 36.5 Å². The van der Waals surface area contributed by atoms with Crippen molar-refractivity contribution in [2.24, 2.45) is 0 Å². The van der Waals surface area contributed by atoms with Gasteiger partial charge >= 0.3 is 6.09 Å². The molecule has 0 aliphatic carbocycles. The largest absolute Gasteiger partial charge is 0.495 e. The molecule has 0 radical (unpaired) electrons. The molecule has 1 fully saturated rings. The van der Waals surface area contributed by atoms with Crippen LogP contribution in [0.3, 0.4) is 0 Å². The summed E-state index contributed by atoms with van der Waals surface area (Å²) in [5, 5.41) is 4.23. The van der Waals surface area contributed by atoms with Crippen LogP contribution in [-0.4, -0.2) is 54.3 Å². The third kappa shape index (κ3) is 3.71. The molecule has 0 spiro atoms. The summed E-state index contributed by atoms with van der Waals surface area (Å²) in [5.41, 5.74) is 4.98. The molecule has 8 nitrogen and oxygen atoms in total. The average molecular weight is 434 g/mol. The van der Waals surface area contributed by atoms with Crippen molar-refractivity contribution in [3.8, 4) is 5.75 Å². The summed E-state index contributed by atoms with van der Waals surface area (Å²) >= 11 is 0. The number of hydrogen-bond donors (Lipinski definition) is 1. The lowest BCUT2D eigenvalue weighted by atomic mass is 9.99. The molecule has 2 aromatic carbocycles. The Morgan fingerprint density at radius 2 is 2.12 bits per heavy atom. The van der Waals surface area contributed by atoms with E-state index in [1.54, 1.807) is 18.2 Å². The molecule has 5 rings (SSSR count). The Hall–Kier alpha value is -3.39. The van der Waals surface area contributed by atoms with Gasteiger partial charge < -0.3 is 19.7 Å². The molecular formula is C24H27N5O3. The quantitative estimate of drug-likeness (QED) is 0.649. The Balaban J connectivity index is 1.47. The lowest BCUT2D eigenvalue weighted by Gasteiger charge is -2.26. The van der Waals surface area contributed by atoms with Crippen LogP contribution < -0.4 is 15.0 Å². The summed E-state index contributed by atoms with van der Waals surface area (Å²) in [4.78, 5) is 25.5. The molecule has 2 aliphatic rings. The van der Waals surface area contributed by atoms with E-state index >= 15 is 0 Å². The molecule has 2 aliphatic heterocycles. The van der Waals surface area contributed by atoms with Gasteiger partial charge in [-0.1, -0.05) is 6.92 Å². The van der Waals surface area contributed by atoms with E-state index in [0.29, 0.717) is 12.6 Å². The van der Waals surface area contributed by atoms with Gasteiger partial charge in [-0.05, 0) is 61.3 Å². The minimum Gasteiger partial charge on any atom is -0.495 e. The molecule has 1 amide bonds. The third-order valence-corrected chi connectivity index (χ3v) is 6.25. The maximum absolute atomic E-state index is 12.2. The Morgan fingerprint density at radius 3 is 2.94 bits per heavy atom. The van der Waals surface area contributed by atoms with Crippen LogP contribution in [0.25, 0.3) is 10.9 Å². The number of aromatic nitrogens is 2. The molecule has 3 heterocycles. The highest BCUT2D eigenvalue weighted by Gasteiger charge is 2.33. The van der Waals surface area contributed by atoms with Gasteiger partial charge in [0.05, 0.1) is 24.4 Å². The maximum Gasteiger partial charge on any atom is 0.414 e. The molecule has 8 heteroatoms. The van der Waals surface area contributed by atoms with Gasteiger partial charge in [-0.3, -0.25) is 4.90 Å². The van der Waals surface area contributed by atoms with E-state index in [2.05, 4.69) is 41.3 Å². The van der Waals surface area contributed by atoms with Gasteiger partial charge in [0.15, 0.2) is 0 Å². The molecule has 0 bridgehead atoms. The standard InChI is InChI=1S/C24H27N5O3/c1-4-18-14-32-24(30)29(18)19-6-5-16-12-25-23(26-20(16)11-19)27-21-9-17-13-28(2)8-7-15(17)10-22(21)31-3/h5-6,9-12,18H,4,7-8,13-14H2,1-3H3,(H,25,26,27)/t18-/m1/s1. The number of ether oxygens (including phenoxy) is 2. The summed E-state index contributed by atoms with van der Waals surface area (Å²) < 4.78 is 10.9. The number of likely N-dealkylation sites (N-methyl/N-ethyl adjacent to an activating group) is 1. The number of hydrogen-bond acceptors (Lipinski definition) is 7. The summed E-state index contributed by atoms with van der Waals surface area (Å²) in [6.07, 6.45) is 3.31. The van der Waals surface area contributed by atoms with Crippen molar-refractivity contribution in [1.82, 2.24) is 14.9 Å². The van der Waals surface area contributed by atoms with Gasteiger partial charge in [-0.15, -0.1) is 0 Å². The number of carbonyl (C=O) groups is 1. The molecule has 1 saturated heterocycles. The predicted octanol–water partition coefficient (Wildman–Crippen LogP) is 4.11. The molecule has 1 atom stereocenters. The van der Waals surface area contributed by atoms with Crippen molar-refractivity contribution in [1.29, 1.82) is 0 Å². The molecule has 1 N–H and O–H groups in total. The Bertz CT molecular complexity index is 1180. The van der Waals surface area contributed by atoms with Crippen LogP contribution in [0, 0.1) is 0 Å². The van der Waals surface area contributed by atoms with Crippen LogP contribution >= 0.6 is 0 Å². The molecular weight excluding hydrogens is 406 g/mol. The van der Waals surface area contributed by atoms with E-state index in [4.69, 9.17) is 14.5 Å². The summed E-state index contributed by atoms with van der Waals surface area (Å²) in [6, 6.07) is 10.0. The second-order valence-electron chi connectivity index (χ2n) is 8.38. The second kappa shape index (κ2) is 8.27. The van der Waals surface area contributed by atoms with E-state index in [-0.39, 0.29) is 12.1 Å². The highest BCUT2D eigenvalue weighted by atomic mass is 16.6. The van der Waals surface area contributed by atoms with E-state index < -0.39 is 0 Å². The second-order valence-corrected chi connectivity index (χ2v) is 8.38. The van der Waals surface area contributed by atoms with Crippen LogP contribution in [-0.2, 0) is 17.7 Å². The fourth-order valence-corrected chi connectivity index (χ4v) is 4.41. The zero-order valence-corrected chi connectivity index (χ0v) is 18.6. The van der Waals surface area contributed by atoms with E-state index in [9.17, 15) is 4.79 Å². The number of methoxy groups -OCH3 is 1. The molecule has 0 unspecified atom stereocenters. The van der Waals surface area contributed by atoms with Crippen LogP contribution in [0.5, 0.6) is 5.75 Å². The van der Waals surface area contributed by atoms with Gasteiger partial charge in [0.25, 0.3) is 0 Å². The molecule has 166 valence electrons. The number of fused-ring (bicyclic) bond motifs is 2. The Kier molecular flexibility index (Phi) is 5.30. The number of nitrogens with one attached hydrogen (secondary N) is 1. The number of rotatable bonds is 5. The van der Waals surface area contributed by atoms with Crippen molar-refractivity contribution >= 4 is 34.3 Å². The van der Waals surface area contributed by atoms with E-state index in [0.717, 1.165) is 54.0 Å². The lowest BCUT2D eigenvalue weighted by Crippen LogP contribution is -2.32. The number of nitrogens with zero attached hydrogens (tertiary/aromatic N) is 4. The average Bonchev–Trinajstić information content (AvgIpc) is 3.18. The van der Waals surface area contributed by atoms with E-state index in [1.807, 2.05) is 18.2 Å². The van der Waals surface area contributed by atoms with Crippen molar-refractivity contribution in [2.45, 2.75) is 32.4 Å². The first-order chi connectivity index (χ1) is 15.6. The summed E-state index contributed by atoms with van der Waals surface area (Å²) in [7, 11) is 3.80. The fraction of sp³-hybridized carbons (Fsp3) is 0.375. The Labute approximate surface area is 187 Å². The topological polar surface area (TPSA) is 79.8 Å². The van der Waals surface area contributed by atoms with E-state index in [1.165, 1.54) is 11.1 Å². The third-order valence-electron chi connectivity index (χ3n) is 6.25. The van der Waals surface area contributed by atoms with Crippen LogP contribution in [0.4, 0.5) is 22.1 Å². The first-order valence-corrected chi connectivity index (χ1v) is 10.9. The Morgan fingerprint density at radius 1 is 1.25 bits per heavy atom. The van der Waals surface area contributed by atoms with Gasteiger partial charge in [0.1, 0.15) is 12.4 Å². The minimum atomic E-state index is -0.313. The number of benzene rings is 2. The van der Waals surface area contributed by atoms with Crippen LogP contribution in [0.1, 0.15) is 24.5 Å². The maximum atomic E-state index is 12.2. The highest BCUT2D eigenvalue weighted by Crippen LogP contribution is 2.33. The fourth-order valence-electron chi connectivity index (χ4n) is 4.41. The van der Waals surface area contributed by atoms with Gasteiger partial charge in [-0.25, -0.2) is 14.8 Å². The zero-order valence-electron chi connectivity index (χ0n) is 18.6. The minimum absolute atomic E-state index is 0.0391. The molecule has 32 heavy (non-hydrogen) atoms. The SMILES string of the molecule is CC[C@@H]1COC(=O)N1c1ccc2cnc(Nc3cc4c(cc3OC)CCN(C)C4)nc2c1. The van der Waals surface area contributed by atoms with Crippen molar-refractivity contribution in [2.75, 3.05) is 37.5 Å². The number of amides is 1. The van der Waals surface area contributed by atoms with Gasteiger partial charge in [0, 0.05) is 30.4 Å². The summed E-state index contributed by atoms with van der Waals surface area (Å²) in [5.74, 6) is 1.25. The normalized spacial score (nSPS) is 18.5.